The molecular weight excluding hydrogens is 350 g/mol. The van der Waals surface area contributed by atoms with Crippen LogP contribution in [0.5, 0.6) is 0 Å². The molecule has 8 nitrogen and oxygen atoms in total. The summed E-state index contributed by atoms with van der Waals surface area (Å²) < 4.78 is 0. The molecule has 1 saturated heterocycles. The number of hydrogen-bond donors (Lipinski definition) is 2. The van der Waals surface area contributed by atoms with E-state index in [0.29, 0.717) is 23.9 Å². The van der Waals surface area contributed by atoms with Gasteiger partial charge in [-0.3, -0.25) is 9.89 Å². The summed E-state index contributed by atoms with van der Waals surface area (Å²) in [5.41, 5.74) is 1.35. The van der Waals surface area contributed by atoms with E-state index in [1.165, 1.54) is 11.3 Å². The minimum Gasteiger partial charge on any atom is -0.329 e. The van der Waals surface area contributed by atoms with Gasteiger partial charge in [0.2, 0.25) is 0 Å². The lowest BCUT2D eigenvalue weighted by atomic mass is 9.98. The molecule has 0 unspecified atom stereocenters. The van der Waals surface area contributed by atoms with Gasteiger partial charge in [0.25, 0.3) is 5.91 Å². The van der Waals surface area contributed by atoms with Crippen LogP contribution in [0.4, 0.5) is 10.9 Å². The first-order chi connectivity index (χ1) is 12.7. The molecule has 4 rings (SSSR count). The topological polar surface area (TPSA) is 99.7 Å². The van der Waals surface area contributed by atoms with Gasteiger partial charge in [-0.2, -0.15) is 5.10 Å². The average Bonchev–Trinajstić information content (AvgIpc) is 3.34. The molecule has 134 valence electrons. The van der Waals surface area contributed by atoms with Crippen LogP contribution in [0.2, 0.25) is 0 Å². The Morgan fingerprint density at radius 3 is 3.04 bits per heavy atom. The maximum absolute atomic E-state index is 12.9. The lowest BCUT2D eigenvalue weighted by Crippen LogP contribution is -2.39. The van der Waals surface area contributed by atoms with Crippen LogP contribution in [-0.4, -0.2) is 42.5 Å². The van der Waals surface area contributed by atoms with Crippen LogP contribution in [0.3, 0.4) is 0 Å². The van der Waals surface area contributed by atoms with E-state index in [1.54, 1.807) is 18.5 Å². The number of carbonyl (C=O) groups is 1. The highest BCUT2D eigenvalue weighted by atomic mass is 32.1. The molecule has 0 spiro atoms. The standard InChI is InChI=1S/C17H19N7OS/c1-11-20-13(10-15(21-11)22-17-18-7-9-26-17)14-4-2-3-8-24(14)16(25)12-5-6-19-23-12/h5-7,9-10,14H,2-4,8H2,1H3,(H,19,23)(H,18,20,21,22)/t14-/m0/s1. The minimum atomic E-state index is -0.0712. The quantitative estimate of drug-likeness (QED) is 0.733. The molecule has 3 aromatic rings. The first-order valence-electron chi connectivity index (χ1n) is 8.53. The van der Waals surface area contributed by atoms with E-state index >= 15 is 0 Å². The first-order valence-corrected chi connectivity index (χ1v) is 9.41. The van der Waals surface area contributed by atoms with Crippen molar-refractivity contribution in [2.75, 3.05) is 11.9 Å². The third-order valence-electron chi connectivity index (χ3n) is 4.36. The molecule has 4 heterocycles. The summed E-state index contributed by atoms with van der Waals surface area (Å²) in [6.45, 7) is 2.57. The van der Waals surface area contributed by atoms with Crippen molar-refractivity contribution in [1.82, 2.24) is 30.0 Å². The number of aromatic nitrogens is 5. The van der Waals surface area contributed by atoms with Crippen LogP contribution < -0.4 is 5.32 Å². The van der Waals surface area contributed by atoms with Gasteiger partial charge >= 0.3 is 0 Å². The number of nitrogens with zero attached hydrogens (tertiary/aromatic N) is 5. The Hall–Kier alpha value is -2.81. The SMILES string of the molecule is Cc1nc(Nc2nccs2)cc([C@@H]2CCCCN2C(=O)c2ccn[nH]2)n1. The number of H-pyrrole nitrogens is 1. The largest absolute Gasteiger partial charge is 0.329 e. The Balaban J connectivity index is 1.63. The minimum absolute atomic E-state index is 0.0436. The third-order valence-corrected chi connectivity index (χ3v) is 5.05. The second-order valence-electron chi connectivity index (χ2n) is 6.17. The fourth-order valence-electron chi connectivity index (χ4n) is 3.23. The van der Waals surface area contributed by atoms with Gasteiger partial charge in [0.15, 0.2) is 5.13 Å². The van der Waals surface area contributed by atoms with Crippen LogP contribution in [0.1, 0.15) is 47.3 Å². The number of aromatic amines is 1. The predicted molar refractivity (Wildman–Crippen MR) is 98.4 cm³/mol. The van der Waals surface area contributed by atoms with Gasteiger partial charge in [-0.15, -0.1) is 11.3 Å². The second-order valence-corrected chi connectivity index (χ2v) is 7.06. The summed E-state index contributed by atoms with van der Waals surface area (Å²) in [6.07, 6.45) is 6.28. The fourth-order valence-corrected chi connectivity index (χ4v) is 3.77. The van der Waals surface area contributed by atoms with Crippen molar-refractivity contribution in [3.05, 3.63) is 47.1 Å². The molecule has 3 aromatic heterocycles. The van der Waals surface area contributed by atoms with Gasteiger partial charge in [-0.1, -0.05) is 0 Å². The lowest BCUT2D eigenvalue weighted by molar-refractivity contribution is 0.0599. The molecule has 1 atom stereocenters. The highest BCUT2D eigenvalue weighted by Gasteiger charge is 2.30. The van der Waals surface area contributed by atoms with Crippen LogP contribution in [0.15, 0.2) is 29.9 Å². The van der Waals surface area contributed by atoms with Gasteiger partial charge in [-0.25, -0.2) is 15.0 Å². The lowest BCUT2D eigenvalue weighted by Gasteiger charge is -2.35. The van der Waals surface area contributed by atoms with E-state index < -0.39 is 0 Å². The number of piperidine rings is 1. The average molecular weight is 369 g/mol. The summed E-state index contributed by atoms with van der Waals surface area (Å²) in [6, 6.07) is 3.55. The maximum atomic E-state index is 12.9. The molecule has 0 saturated carbocycles. The van der Waals surface area contributed by atoms with Crippen molar-refractivity contribution in [1.29, 1.82) is 0 Å². The van der Waals surface area contributed by atoms with Gasteiger partial charge < -0.3 is 10.2 Å². The normalized spacial score (nSPS) is 17.3. The molecular formula is C17H19N7OS. The molecule has 1 amide bonds. The van der Waals surface area contributed by atoms with E-state index in [1.807, 2.05) is 23.3 Å². The fraction of sp³-hybridized carbons (Fsp3) is 0.353. The Labute approximate surface area is 154 Å². The van der Waals surface area contributed by atoms with E-state index in [2.05, 4.69) is 30.5 Å². The zero-order valence-corrected chi connectivity index (χ0v) is 15.2. The Morgan fingerprint density at radius 2 is 2.27 bits per heavy atom. The molecule has 1 aliphatic heterocycles. The summed E-state index contributed by atoms with van der Waals surface area (Å²) in [5.74, 6) is 1.32. The van der Waals surface area contributed by atoms with E-state index in [0.717, 1.165) is 30.1 Å². The van der Waals surface area contributed by atoms with Crippen LogP contribution in [-0.2, 0) is 0 Å². The van der Waals surface area contributed by atoms with Gasteiger partial charge in [-0.05, 0) is 32.3 Å². The maximum Gasteiger partial charge on any atom is 0.272 e. The molecule has 26 heavy (non-hydrogen) atoms. The molecule has 0 bridgehead atoms. The summed E-state index contributed by atoms with van der Waals surface area (Å²) >= 11 is 1.51. The van der Waals surface area contributed by atoms with Crippen molar-refractivity contribution in [2.24, 2.45) is 0 Å². The summed E-state index contributed by atoms with van der Waals surface area (Å²) in [7, 11) is 0. The number of nitrogens with one attached hydrogen (secondary N) is 2. The van der Waals surface area contributed by atoms with Gasteiger partial charge in [0.05, 0.1) is 11.7 Å². The van der Waals surface area contributed by atoms with E-state index in [4.69, 9.17) is 0 Å². The summed E-state index contributed by atoms with van der Waals surface area (Å²) in [4.78, 5) is 28.0. The zero-order valence-electron chi connectivity index (χ0n) is 14.3. The Kier molecular flexibility index (Phi) is 4.61. The molecule has 2 N–H and O–H groups in total. The predicted octanol–water partition coefficient (Wildman–Crippen LogP) is 3.08. The first kappa shape index (κ1) is 16.6. The number of hydrogen-bond acceptors (Lipinski definition) is 7. The number of rotatable bonds is 4. The Bertz CT molecular complexity index is 879. The number of anilines is 2. The van der Waals surface area contributed by atoms with Crippen LogP contribution >= 0.6 is 11.3 Å². The molecule has 0 radical (unpaired) electrons. The third kappa shape index (κ3) is 3.43. The molecule has 1 aliphatic rings. The monoisotopic (exact) mass is 369 g/mol. The van der Waals surface area contributed by atoms with Crippen molar-refractivity contribution in [2.45, 2.75) is 32.2 Å². The molecule has 1 fully saturated rings. The van der Waals surface area contributed by atoms with Crippen LogP contribution in [0, 0.1) is 6.92 Å². The number of amides is 1. The van der Waals surface area contributed by atoms with E-state index in [9.17, 15) is 4.79 Å². The molecule has 9 heteroatoms. The molecule has 0 aromatic carbocycles. The van der Waals surface area contributed by atoms with E-state index in [-0.39, 0.29) is 11.9 Å². The highest BCUT2D eigenvalue weighted by molar-refractivity contribution is 7.13. The number of carbonyl (C=O) groups excluding carboxylic acids is 1. The van der Waals surface area contributed by atoms with Crippen molar-refractivity contribution in [3.63, 3.8) is 0 Å². The van der Waals surface area contributed by atoms with Gasteiger partial charge in [0, 0.05) is 30.4 Å². The highest BCUT2D eigenvalue weighted by Crippen LogP contribution is 2.32. The number of likely N-dealkylation sites (tertiary alicyclic amines) is 1. The number of thiazole rings is 1. The smallest absolute Gasteiger partial charge is 0.272 e. The van der Waals surface area contributed by atoms with Gasteiger partial charge in [0.1, 0.15) is 17.3 Å². The number of aryl methyl sites for hydroxylation is 1. The zero-order chi connectivity index (χ0) is 17.9. The van der Waals surface area contributed by atoms with Crippen molar-refractivity contribution < 1.29 is 4.79 Å². The Morgan fingerprint density at radius 1 is 1.35 bits per heavy atom. The van der Waals surface area contributed by atoms with Crippen molar-refractivity contribution in [3.8, 4) is 0 Å². The second kappa shape index (κ2) is 7.20. The summed E-state index contributed by atoms with van der Waals surface area (Å²) in [5, 5.41) is 12.6. The van der Waals surface area contributed by atoms with Crippen LogP contribution in [0.25, 0.3) is 0 Å². The van der Waals surface area contributed by atoms with Crippen molar-refractivity contribution >= 4 is 28.2 Å². The molecule has 0 aliphatic carbocycles.